The summed E-state index contributed by atoms with van der Waals surface area (Å²) in [6, 6.07) is 6.27. The Hall–Kier alpha value is -2.42. The van der Waals surface area contributed by atoms with Crippen molar-refractivity contribution in [1.82, 2.24) is 20.1 Å². The molecule has 25 heavy (non-hydrogen) atoms. The van der Waals surface area contributed by atoms with Crippen molar-refractivity contribution in [2.24, 2.45) is 0 Å². The van der Waals surface area contributed by atoms with Crippen molar-refractivity contribution in [3.05, 3.63) is 34.4 Å². The Morgan fingerprint density at radius 2 is 2.08 bits per heavy atom. The van der Waals surface area contributed by atoms with E-state index in [-0.39, 0.29) is 22.9 Å². The number of hydrogen-bond donors (Lipinski definition) is 1. The third kappa shape index (κ3) is 5.02. The first-order valence-electron chi connectivity index (χ1n) is 7.83. The molecule has 0 aliphatic rings. The maximum atomic E-state index is 12.0. The molecule has 1 aromatic heterocycles. The number of nitro benzene ring substituents is 1. The van der Waals surface area contributed by atoms with Gasteiger partial charge in [0.05, 0.1) is 10.7 Å². The molecule has 1 aromatic carbocycles. The molecule has 0 aliphatic carbocycles. The molecule has 0 atom stereocenters. The average molecular weight is 363 g/mol. The molecule has 0 unspecified atom stereocenters. The molecule has 1 heterocycles. The van der Waals surface area contributed by atoms with Crippen LogP contribution in [0.1, 0.15) is 27.7 Å². The number of nitrogens with zero attached hydrogens (tertiary/aromatic N) is 4. The fourth-order valence-electron chi connectivity index (χ4n) is 2.24. The zero-order chi connectivity index (χ0) is 18.6. The van der Waals surface area contributed by atoms with Crippen LogP contribution < -0.4 is 5.32 Å². The maximum absolute atomic E-state index is 12.0. The number of nitrogens with one attached hydrogen (secondary N) is 1. The normalized spacial score (nSPS) is 11.4. The largest absolute Gasteiger partial charge is 0.351 e. The van der Waals surface area contributed by atoms with Crippen LogP contribution in [0.4, 0.5) is 5.69 Å². The molecule has 0 fully saturated rings. The van der Waals surface area contributed by atoms with Crippen molar-refractivity contribution < 1.29 is 9.72 Å². The third-order valence-electron chi connectivity index (χ3n) is 3.20. The maximum Gasteiger partial charge on any atom is 0.270 e. The van der Waals surface area contributed by atoms with Gasteiger partial charge in [0.2, 0.25) is 5.91 Å². The van der Waals surface area contributed by atoms with E-state index in [1.807, 2.05) is 32.3 Å². The first kappa shape index (κ1) is 18.9. The SMILES string of the molecule is CCn1c(SCC(=O)NC(C)(C)C)nnc1-c1cccc([N+](=O)[O-])c1. The van der Waals surface area contributed by atoms with Crippen molar-refractivity contribution in [2.75, 3.05) is 5.75 Å². The van der Waals surface area contributed by atoms with Gasteiger partial charge >= 0.3 is 0 Å². The van der Waals surface area contributed by atoms with E-state index < -0.39 is 4.92 Å². The Balaban J connectivity index is 2.20. The van der Waals surface area contributed by atoms with Gasteiger partial charge in [-0.05, 0) is 27.7 Å². The van der Waals surface area contributed by atoms with Gasteiger partial charge in [-0.1, -0.05) is 23.9 Å². The lowest BCUT2D eigenvalue weighted by atomic mass is 10.1. The quantitative estimate of drug-likeness (QED) is 0.481. The van der Waals surface area contributed by atoms with Crippen molar-refractivity contribution in [1.29, 1.82) is 0 Å². The lowest BCUT2D eigenvalue weighted by Gasteiger charge is -2.20. The second kappa shape index (κ2) is 7.64. The summed E-state index contributed by atoms with van der Waals surface area (Å²) in [5, 5.41) is 22.7. The number of amides is 1. The first-order chi connectivity index (χ1) is 11.7. The number of thioether (sulfide) groups is 1. The second-order valence-electron chi connectivity index (χ2n) is 6.44. The van der Waals surface area contributed by atoms with Crippen LogP contribution in [0.25, 0.3) is 11.4 Å². The summed E-state index contributed by atoms with van der Waals surface area (Å²) in [5.41, 5.74) is 0.334. The van der Waals surface area contributed by atoms with Gasteiger partial charge in [-0.15, -0.1) is 10.2 Å². The van der Waals surface area contributed by atoms with E-state index in [0.29, 0.717) is 23.1 Å². The summed E-state index contributed by atoms with van der Waals surface area (Å²) in [5.74, 6) is 0.689. The summed E-state index contributed by atoms with van der Waals surface area (Å²) in [7, 11) is 0. The molecule has 0 spiro atoms. The van der Waals surface area contributed by atoms with E-state index >= 15 is 0 Å². The van der Waals surface area contributed by atoms with Crippen LogP contribution in [0.5, 0.6) is 0 Å². The first-order valence-corrected chi connectivity index (χ1v) is 8.81. The second-order valence-corrected chi connectivity index (χ2v) is 7.39. The Kier molecular flexibility index (Phi) is 5.78. The number of carbonyl (C=O) groups excluding carboxylic acids is 1. The summed E-state index contributed by atoms with van der Waals surface area (Å²) < 4.78 is 1.84. The minimum absolute atomic E-state index is 0.00177. The molecular formula is C16H21N5O3S. The molecule has 0 aliphatic heterocycles. The van der Waals surface area contributed by atoms with Gasteiger partial charge in [0.1, 0.15) is 0 Å². The zero-order valence-corrected chi connectivity index (χ0v) is 15.5. The van der Waals surface area contributed by atoms with E-state index in [9.17, 15) is 14.9 Å². The van der Waals surface area contributed by atoms with Gasteiger partial charge in [0, 0.05) is 29.8 Å². The van der Waals surface area contributed by atoms with Crippen molar-refractivity contribution in [3.63, 3.8) is 0 Å². The highest BCUT2D eigenvalue weighted by Crippen LogP contribution is 2.26. The Labute approximate surface area is 150 Å². The van der Waals surface area contributed by atoms with Gasteiger partial charge in [-0.25, -0.2) is 0 Å². The lowest BCUT2D eigenvalue weighted by Crippen LogP contribution is -2.41. The molecule has 9 heteroatoms. The predicted octanol–water partition coefficient (Wildman–Crippen LogP) is 2.88. The number of carbonyl (C=O) groups is 1. The van der Waals surface area contributed by atoms with E-state index in [1.165, 1.54) is 23.9 Å². The summed E-state index contributed by atoms with van der Waals surface area (Å²) in [4.78, 5) is 22.5. The highest BCUT2D eigenvalue weighted by molar-refractivity contribution is 7.99. The fraction of sp³-hybridized carbons (Fsp3) is 0.438. The zero-order valence-electron chi connectivity index (χ0n) is 14.6. The van der Waals surface area contributed by atoms with E-state index in [2.05, 4.69) is 15.5 Å². The highest BCUT2D eigenvalue weighted by atomic mass is 32.2. The number of non-ortho nitro benzene ring substituents is 1. The molecular weight excluding hydrogens is 342 g/mol. The van der Waals surface area contributed by atoms with E-state index in [0.717, 1.165) is 0 Å². The van der Waals surface area contributed by atoms with Crippen LogP contribution in [0, 0.1) is 10.1 Å². The number of nitro groups is 1. The molecule has 134 valence electrons. The number of benzene rings is 1. The molecule has 0 saturated heterocycles. The predicted molar refractivity (Wildman–Crippen MR) is 96.4 cm³/mol. The number of aromatic nitrogens is 3. The van der Waals surface area contributed by atoms with Crippen LogP contribution in [0.15, 0.2) is 29.4 Å². The van der Waals surface area contributed by atoms with Crippen molar-refractivity contribution >= 4 is 23.4 Å². The van der Waals surface area contributed by atoms with Crippen LogP contribution in [0.3, 0.4) is 0 Å². The molecule has 8 nitrogen and oxygen atoms in total. The van der Waals surface area contributed by atoms with Crippen molar-refractivity contribution in [2.45, 2.75) is 44.9 Å². The molecule has 0 bridgehead atoms. The van der Waals surface area contributed by atoms with Gasteiger partial charge in [0.15, 0.2) is 11.0 Å². The van der Waals surface area contributed by atoms with Gasteiger partial charge in [0.25, 0.3) is 5.69 Å². The average Bonchev–Trinajstić information content (AvgIpc) is 2.94. The summed E-state index contributed by atoms with van der Waals surface area (Å²) in [6.45, 7) is 8.29. The highest BCUT2D eigenvalue weighted by Gasteiger charge is 2.18. The fourth-order valence-corrected chi connectivity index (χ4v) is 3.04. The summed E-state index contributed by atoms with van der Waals surface area (Å²) >= 11 is 1.29. The Morgan fingerprint density at radius 3 is 2.68 bits per heavy atom. The Bertz CT molecular complexity index is 782. The minimum Gasteiger partial charge on any atom is -0.351 e. The molecule has 1 N–H and O–H groups in total. The van der Waals surface area contributed by atoms with Gasteiger partial charge in [-0.3, -0.25) is 14.9 Å². The Morgan fingerprint density at radius 1 is 1.36 bits per heavy atom. The molecule has 0 saturated carbocycles. The van der Waals surface area contributed by atoms with E-state index in [4.69, 9.17) is 0 Å². The number of rotatable bonds is 6. The molecule has 2 aromatic rings. The topological polar surface area (TPSA) is 103 Å². The van der Waals surface area contributed by atoms with Gasteiger partial charge < -0.3 is 9.88 Å². The molecule has 1 amide bonds. The van der Waals surface area contributed by atoms with Crippen LogP contribution >= 0.6 is 11.8 Å². The lowest BCUT2D eigenvalue weighted by molar-refractivity contribution is -0.384. The standard InChI is InChI=1S/C16H21N5O3S/c1-5-20-14(11-7-6-8-12(9-11)21(23)24)18-19-15(20)25-10-13(22)17-16(2,3)4/h6-9H,5,10H2,1-4H3,(H,17,22). The van der Waals surface area contributed by atoms with Crippen molar-refractivity contribution in [3.8, 4) is 11.4 Å². The number of hydrogen-bond acceptors (Lipinski definition) is 6. The van der Waals surface area contributed by atoms with Crippen LogP contribution in [0.2, 0.25) is 0 Å². The minimum atomic E-state index is -0.442. The molecule has 2 rings (SSSR count). The summed E-state index contributed by atoms with van der Waals surface area (Å²) in [6.07, 6.45) is 0. The van der Waals surface area contributed by atoms with Gasteiger partial charge in [-0.2, -0.15) is 0 Å². The third-order valence-corrected chi connectivity index (χ3v) is 4.16. The van der Waals surface area contributed by atoms with Crippen LogP contribution in [-0.2, 0) is 11.3 Å². The smallest absolute Gasteiger partial charge is 0.270 e. The van der Waals surface area contributed by atoms with Crippen LogP contribution in [-0.4, -0.2) is 36.9 Å². The molecule has 0 radical (unpaired) electrons. The van der Waals surface area contributed by atoms with E-state index in [1.54, 1.807) is 12.1 Å². The monoisotopic (exact) mass is 363 g/mol.